The Kier molecular flexibility index (Phi) is 6.55. The highest BCUT2D eigenvalue weighted by Gasteiger charge is 2.33. The monoisotopic (exact) mass is 294 g/mol. The molecule has 1 aliphatic carbocycles. The third-order valence-corrected chi connectivity index (χ3v) is 5.91. The molecule has 0 aromatic heterocycles. The van der Waals surface area contributed by atoms with Gasteiger partial charge in [0.2, 0.25) is 0 Å². The number of likely N-dealkylation sites (tertiary alicyclic amines) is 1. The summed E-state index contributed by atoms with van der Waals surface area (Å²) in [5.74, 6) is 0. The smallest absolute Gasteiger partial charge is 0.00501 e. The van der Waals surface area contributed by atoms with Gasteiger partial charge in [-0.3, -0.25) is 0 Å². The van der Waals surface area contributed by atoms with Gasteiger partial charge in [-0.2, -0.15) is 0 Å². The first kappa shape index (κ1) is 17.3. The molecular formula is C19H38N2. The molecule has 0 unspecified atom stereocenters. The third-order valence-electron chi connectivity index (χ3n) is 5.91. The van der Waals surface area contributed by atoms with Crippen LogP contribution in [0.15, 0.2) is 0 Å². The van der Waals surface area contributed by atoms with E-state index in [0.29, 0.717) is 10.8 Å². The summed E-state index contributed by atoms with van der Waals surface area (Å²) in [6, 6.07) is 0. The lowest BCUT2D eigenvalue weighted by molar-refractivity contribution is 0.127. The fourth-order valence-electron chi connectivity index (χ4n) is 4.37. The molecule has 1 heterocycles. The zero-order valence-electron chi connectivity index (χ0n) is 14.8. The Bertz CT molecular complexity index is 290. The molecule has 2 fully saturated rings. The Morgan fingerprint density at radius 1 is 0.857 bits per heavy atom. The molecule has 1 aliphatic heterocycles. The summed E-state index contributed by atoms with van der Waals surface area (Å²) in [4.78, 5) is 2.80. The van der Waals surface area contributed by atoms with E-state index in [2.05, 4.69) is 31.0 Å². The van der Waals surface area contributed by atoms with Gasteiger partial charge in [-0.25, -0.2) is 0 Å². The van der Waals surface area contributed by atoms with Gasteiger partial charge in [-0.05, 0) is 62.6 Å². The van der Waals surface area contributed by atoms with E-state index in [0.717, 1.165) is 6.54 Å². The van der Waals surface area contributed by atoms with Crippen molar-refractivity contribution in [1.29, 1.82) is 0 Å². The number of hydrogen-bond donors (Lipinski definition) is 1. The molecule has 0 aromatic carbocycles. The van der Waals surface area contributed by atoms with E-state index >= 15 is 0 Å². The van der Waals surface area contributed by atoms with Gasteiger partial charge in [0.15, 0.2) is 0 Å². The van der Waals surface area contributed by atoms with Gasteiger partial charge in [-0.15, -0.1) is 0 Å². The van der Waals surface area contributed by atoms with E-state index in [1.54, 1.807) is 0 Å². The second-order valence-electron chi connectivity index (χ2n) is 8.49. The zero-order valence-corrected chi connectivity index (χ0v) is 14.8. The first-order chi connectivity index (χ1) is 10.1. The Hall–Kier alpha value is -0.0800. The highest BCUT2D eigenvalue weighted by molar-refractivity contribution is 4.88. The van der Waals surface area contributed by atoms with Crippen molar-refractivity contribution in [3.63, 3.8) is 0 Å². The van der Waals surface area contributed by atoms with E-state index in [1.807, 2.05) is 0 Å². The summed E-state index contributed by atoms with van der Waals surface area (Å²) in [5.41, 5.74) is 1.12. The average molecular weight is 295 g/mol. The highest BCUT2D eigenvalue weighted by Crippen LogP contribution is 2.37. The minimum Gasteiger partial charge on any atom is -0.316 e. The zero-order chi connectivity index (χ0) is 15.2. The van der Waals surface area contributed by atoms with Gasteiger partial charge in [0.05, 0.1) is 0 Å². The first-order valence-electron chi connectivity index (χ1n) is 9.48. The summed E-state index contributed by atoms with van der Waals surface area (Å²) in [7, 11) is 0. The summed E-state index contributed by atoms with van der Waals surface area (Å²) < 4.78 is 0. The van der Waals surface area contributed by atoms with Gasteiger partial charge in [0.1, 0.15) is 0 Å². The third kappa shape index (κ3) is 5.56. The van der Waals surface area contributed by atoms with Gasteiger partial charge < -0.3 is 10.2 Å². The van der Waals surface area contributed by atoms with E-state index in [-0.39, 0.29) is 0 Å². The predicted molar refractivity (Wildman–Crippen MR) is 92.8 cm³/mol. The lowest BCUT2D eigenvalue weighted by Crippen LogP contribution is -2.44. The van der Waals surface area contributed by atoms with Crippen LogP contribution >= 0.6 is 0 Å². The second kappa shape index (κ2) is 7.97. The van der Waals surface area contributed by atoms with Crippen molar-refractivity contribution in [2.75, 3.05) is 32.7 Å². The Labute approximate surface area is 133 Å². The van der Waals surface area contributed by atoms with E-state index in [1.165, 1.54) is 84.0 Å². The number of hydrogen-bond acceptors (Lipinski definition) is 2. The van der Waals surface area contributed by atoms with Crippen LogP contribution in [-0.4, -0.2) is 37.6 Å². The van der Waals surface area contributed by atoms with E-state index in [4.69, 9.17) is 0 Å². The molecule has 0 atom stereocenters. The maximum Gasteiger partial charge on any atom is 0.00501 e. The van der Waals surface area contributed by atoms with Crippen LogP contribution < -0.4 is 5.32 Å². The Balaban J connectivity index is 1.96. The molecule has 0 spiro atoms. The molecule has 1 N–H and O–H groups in total. The topological polar surface area (TPSA) is 15.3 Å². The minimum absolute atomic E-state index is 0.557. The molecule has 1 saturated heterocycles. The van der Waals surface area contributed by atoms with Crippen LogP contribution in [0.4, 0.5) is 0 Å². The normalized spacial score (nSPS) is 27.0. The largest absolute Gasteiger partial charge is 0.316 e. The Morgan fingerprint density at radius 2 is 1.57 bits per heavy atom. The van der Waals surface area contributed by atoms with Crippen molar-refractivity contribution in [2.24, 2.45) is 10.8 Å². The van der Waals surface area contributed by atoms with Crippen molar-refractivity contribution < 1.29 is 0 Å². The maximum atomic E-state index is 3.68. The maximum absolute atomic E-state index is 3.68. The Morgan fingerprint density at radius 3 is 2.24 bits per heavy atom. The molecular weight excluding hydrogens is 256 g/mol. The van der Waals surface area contributed by atoms with Crippen LogP contribution in [0, 0.1) is 10.8 Å². The fraction of sp³-hybridized carbons (Fsp3) is 1.00. The van der Waals surface area contributed by atoms with Crippen LogP contribution in [0.1, 0.15) is 78.6 Å². The van der Waals surface area contributed by atoms with Crippen LogP contribution in [0.25, 0.3) is 0 Å². The van der Waals surface area contributed by atoms with Crippen molar-refractivity contribution in [1.82, 2.24) is 10.2 Å². The molecule has 124 valence electrons. The predicted octanol–water partition coefficient (Wildman–Crippen LogP) is 4.45. The number of rotatable bonds is 5. The molecule has 2 rings (SSSR count). The summed E-state index contributed by atoms with van der Waals surface area (Å²) in [5, 5.41) is 3.68. The molecule has 2 aliphatic rings. The van der Waals surface area contributed by atoms with Crippen molar-refractivity contribution in [3.05, 3.63) is 0 Å². The minimum atomic E-state index is 0.557. The van der Waals surface area contributed by atoms with Crippen LogP contribution in [-0.2, 0) is 0 Å². The van der Waals surface area contributed by atoms with Crippen LogP contribution in [0.3, 0.4) is 0 Å². The lowest BCUT2D eigenvalue weighted by Gasteiger charge is -2.38. The number of nitrogens with zero attached hydrogens (tertiary/aromatic N) is 1. The molecule has 21 heavy (non-hydrogen) atoms. The van der Waals surface area contributed by atoms with Crippen molar-refractivity contribution in [3.8, 4) is 0 Å². The molecule has 0 aromatic rings. The van der Waals surface area contributed by atoms with Crippen molar-refractivity contribution >= 4 is 0 Å². The second-order valence-corrected chi connectivity index (χ2v) is 8.49. The van der Waals surface area contributed by atoms with Gasteiger partial charge >= 0.3 is 0 Å². The SMILES string of the molecule is CCNCC1(CN2CCCC(C)(C)CC2)CCCCCC1. The van der Waals surface area contributed by atoms with Gasteiger partial charge in [0, 0.05) is 13.1 Å². The molecule has 0 bridgehead atoms. The standard InChI is InChI=1S/C19H38N2/c1-4-20-16-19(11-7-5-6-8-12-19)17-21-14-9-10-18(2,3)13-15-21/h20H,4-17H2,1-3H3. The molecule has 0 radical (unpaired) electrons. The van der Waals surface area contributed by atoms with Gasteiger partial charge in [0.25, 0.3) is 0 Å². The molecule has 1 saturated carbocycles. The van der Waals surface area contributed by atoms with Crippen molar-refractivity contribution in [2.45, 2.75) is 78.6 Å². The highest BCUT2D eigenvalue weighted by atomic mass is 15.1. The molecule has 2 nitrogen and oxygen atoms in total. The van der Waals surface area contributed by atoms with Crippen LogP contribution in [0.2, 0.25) is 0 Å². The summed E-state index contributed by atoms with van der Waals surface area (Å²) in [6.07, 6.45) is 12.9. The van der Waals surface area contributed by atoms with Gasteiger partial charge in [-0.1, -0.05) is 46.5 Å². The first-order valence-corrected chi connectivity index (χ1v) is 9.48. The lowest BCUT2D eigenvalue weighted by atomic mass is 9.79. The quantitative estimate of drug-likeness (QED) is 0.754. The van der Waals surface area contributed by atoms with Crippen LogP contribution in [0.5, 0.6) is 0 Å². The fourth-order valence-corrected chi connectivity index (χ4v) is 4.37. The average Bonchev–Trinajstić information content (AvgIpc) is 2.77. The number of nitrogens with one attached hydrogen (secondary N) is 1. The summed E-state index contributed by atoms with van der Waals surface area (Å²) in [6.45, 7) is 13.5. The molecule has 0 amide bonds. The summed E-state index contributed by atoms with van der Waals surface area (Å²) >= 11 is 0. The van der Waals surface area contributed by atoms with E-state index < -0.39 is 0 Å². The van der Waals surface area contributed by atoms with E-state index in [9.17, 15) is 0 Å². The molecule has 2 heteroatoms.